The Morgan fingerprint density at radius 1 is 1.55 bits per heavy atom. The number of thiol groups is 1. The molecule has 0 saturated carbocycles. The molecule has 2 heterocycles. The number of hydrogen-bond donors (Lipinski definition) is 2. The third-order valence-electron chi connectivity index (χ3n) is 4.30. The molecule has 0 aromatic heterocycles. The van der Waals surface area contributed by atoms with Crippen LogP contribution in [0.1, 0.15) is 24.3 Å². The van der Waals surface area contributed by atoms with Crippen LogP contribution in [-0.4, -0.2) is 40.0 Å². The highest BCUT2D eigenvalue weighted by Gasteiger charge is 2.41. The van der Waals surface area contributed by atoms with Crippen molar-refractivity contribution in [3.05, 3.63) is 46.0 Å². The van der Waals surface area contributed by atoms with Crippen LogP contribution in [0.15, 0.2) is 29.6 Å². The number of carboxylic acid groups (broad SMARTS) is 1. The van der Waals surface area contributed by atoms with Gasteiger partial charge in [0.15, 0.2) is 0 Å². The molecule has 1 aromatic rings. The third-order valence-corrected chi connectivity index (χ3v) is 5.16. The van der Waals surface area contributed by atoms with Crippen molar-refractivity contribution in [2.75, 3.05) is 13.6 Å². The van der Waals surface area contributed by atoms with Gasteiger partial charge in [0.05, 0.1) is 6.42 Å². The second-order valence-electron chi connectivity index (χ2n) is 5.64. The molecule has 3 rings (SSSR count). The molecule has 0 aliphatic carbocycles. The molecule has 2 aliphatic heterocycles. The van der Waals surface area contributed by atoms with Crippen LogP contribution in [-0.2, 0) is 4.79 Å². The van der Waals surface area contributed by atoms with Gasteiger partial charge in [0.25, 0.3) is 0 Å². The number of benzene rings is 1. The maximum absolute atomic E-state index is 14.1. The lowest BCUT2D eigenvalue weighted by molar-refractivity contribution is -0.136. The van der Waals surface area contributed by atoms with E-state index in [0.29, 0.717) is 23.6 Å². The summed E-state index contributed by atoms with van der Waals surface area (Å²) in [6, 6.07) is 4.55. The van der Waals surface area contributed by atoms with Crippen LogP contribution in [0.5, 0.6) is 0 Å². The average Bonchev–Trinajstić information content (AvgIpc) is 2.97. The van der Waals surface area contributed by atoms with E-state index in [1.165, 1.54) is 12.1 Å². The van der Waals surface area contributed by atoms with Crippen molar-refractivity contribution in [3.63, 3.8) is 0 Å². The molecule has 7 heteroatoms. The molecule has 1 aromatic carbocycles. The molecule has 1 unspecified atom stereocenters. The standard InChI is InChI=1S/C15H16ClFN2O2S/c1-18-12(6-14(20)21)13-4-8(7-19(13)15(18)22)10-5-9(16)2-3-11(10)17/h2-3,5,8,15,22H,4,6-7H2,1H3,(H,20,21)/t8-,15?/m1/s1. The fraction of sp³-hybridized carbons (Fsp3) is 0.400. The van der Waals surface area contributed by atoms with Crippen LogP contribution in [0.25, 0.3) is 0 Å². The van der Waals surface area contributed by atoms with Gasteiger partial charge in [-0.3, -0.25) is 4.79 Å². The maximum Gasteiger partial charge on any atom is 0.309 e. The molecule has 0 bridgehead atoms. The van der Waals surface area contributed by atoms with Gasteiger partial charge in [0, 0.05) is 35.9 Å². The Hall–Kier alpha value is -1.40. The van der Waals surface area contributed by atoms with Crippen molar-refractivity contribution in [2.45, 2.75) is 24.3 Å². The van der Waals surface area contributed by atoms with E-state index in [-0.39, 0.29) is 23.7 Å². The first kappa shape index (κ1) is 15.5. The second-order valence-corrected chi connectivity index (χ2v) is 6.54. The van der Waals surface area contributed by atoms with E-state index in [4.69, 9.17) is 16.7 Å². The fourth-order valence-electron chi connectivity index (χ4n) is 3.24. The number of aliphatic carboxylic acids is 1. The summed E-state index contributed by atoms with van der Waals surface area (Å²) in [6.45, 7) is 0.605. The van der Waals surface area contributed by atoms with E-state index in [2.05, 4.69) is 12.6 Å². The minimum Gasteiger partial charge on any atom is -0.481 e. The quantitative estimate of drug-likeness (QED) is 0.828. The largest absolute Gasteiger partial charge is 0.481 e. The molecule has 2 aliphatic rings. The average molecular weight is 343 g/mol. The number of nitrogens with zero attached hydrogens (tertiary/aromatic N) is 2. The van der Waals surface area contributed by atoms with Crippen molar-refractivity contribution in [3.8, 4) is 0 Å². The van der Waals surface area contributed by atoms with Gasteiger partial charge >= 0.3 is 5.97 Å². The highest BCUT2D eigenvalue weighted by Crippen LogP contribution is 2.45. The highest BCUT2D eigenvalue weighted by molar-refractivity contribution is 7.80. The predicted octanol–water partition coefficient (Wildman–Crippen LogP) is 3.11. The molecule has 1 saturated heterocycles. The van der Waals surface area contributed by atoms with Crippen molar-refractivity contribution in [2.24, 2.45) is 0 Å². The summed E-state index contributed by atoms with van der Waals surface area (Å²) in [4.78, 5) is 15.0. The van der Waals surface area contributed by atoms with E-state index >= 15 is 0 Å². The Balaban J connectivity index is 1.94. The summed E-state index contributed by atoms with van der Waals surface area (Å²) >= 11 is 10.5. The third kappa shape index (κ3) is 2.54. The van der Waals surface area contributed by atoms with Gasteiger partial charge in [-0.1, -0.05) is 11.6 Å². The van der Waals surface area contributed by atoms with Gasteiger partial charge < -0.3 is 14.9 Å². The summed E-state index contributed by atoms with van der Waals surface area (Å²) in [5.74, 6) is -1.20. The van der Waals surface area contributed by atoms with Crippen LogP contribution in [0.2, 0.25) is 5.02 Å². The number of fused-ring (bicyclic) bond motifs is 1. The molecular formula is C15H16ClFN2O2S. The van der Waals surface area contributed by atoms with E-state index in [1.54, 1.807) is 6.07 Å². The van der Waals surface area contributed by atoms with Gasteiger partial charge in [-0.25, -0.2) is 4.39 Å². The van der Waals surface area contributed by atoms with Gasteiger partial charge in [0.2, 0.25) is 0 Å². The molecule has 0 amide bonds. The first-order valence-electron chi connectivity index (χ1n) is 6.94. The molecule has 0 radical (unpaired) electrons. The summed E-state index contributed by atoms with van der Waals surface area (Å²) in [5.41, 5.74) is 2.05. The van der Waals surface area contributed by atoms with Crippen LogP contribution in [0, 0.1) is 5.82 Å². The predicted molar refractivity (Wildman–Crippen MR) is 85.3 cm³/mol. The van der Waals surface area contributed by atoms with Crippen molar-refractivity contribution in [1.29, 1.82) is 0 Å². The monoisotopic (exact) mass is 342 g/mol. The van der Waals surface area contributed by atoms with Crippen molar-refractivity contribution < 1.29 is 14.3 Å². The van der Waals surface area contributed by atoms with Gasteiger partial charge in [-0.05, 0) is 30.2 Å². The topological polar surface area (TPSA) is 43.8 Å². The molecule has 0 spiro atoms. The van der Waals surface area contributed by atoms with Crippen LogP contribution in [0.4, 0.5) is 4.39 Å². The first-order valence-corrected chi connectivity index (χ1v) is 7.84. The van der Waals surface area contributed by atoms with Crippen molar-refractivity contribution >= 4 is 30.2 Å². The van der Waals surface area contributed by atoms with Gasteiger partial charge in [0.1, 0.15) is 11.3 Å². The van der Waals surface area contributed by atoms with Crippen LogP contribution >= 0.6 is 24.2 Å². The maximum atomic E-state index is 14.1. The lowest BCUT2D eigenvalue weighted by atomic mass is 9.96. The van der Waals surface area contributed by atoms with E-state index in [9.17, 15) is 9.18 Å². The fourth-order valence-corrected chi connectivity index (χ4v) is 3.79. The zero-order chi connectivity index (χ0) is 16.0. The Morgan fingerprint density at radius 3 is 2.95 bits per heavy atom. The number of hydrogen-bond acceptors (Lipinski definition) is 4. The number of carboxylic acids is 1. The molecule has 22 heavy (non-hydrogen) atoms. The van der Waals surface area contributed by atoms with Gasteiger partial charge in [-0.15, -0.1) is 12.6 Å². The second kappa shape index (κ2) is 5.66. The van der Waals surface area contributed by atoms with E-state index < -0.39 is 5.97 Å². The Morgan fingerprint density at radius 2 is 2.27 bits per heavy atom. The molecule has 2 atom stereocenters. The zero-order valence-electron chi connectivity index (χ0n) is 12.0. The summed E-state index contributed by atoms with van der Waals surface area (Å²) in [7, 11) is 1.83. The van der Waals surface area contributed by atoms with Gasteiger partial charge in [-0.2, -0.15) is 0 Å². The summed E-state index contributed by atoms with van der Waals surface area (Å²) < 4.78 is 14.1. The highest BCUT2D eigenvalue weighted by atomic mass is 35.5. The summed E-state index contributed by atoms with van der Waals surface area (Å²) in [6.07, 6.45) is 0.547. The minimum atomic E-state index is -0.880. The minimum absolute atomic E-state index is 0.0409. The Kier molecular flexibility index (Phi) is 3.99. The van der Waals surface area contributed by atoms with Crippen molar-refractivity contribution in [1.82, 2.24) is 9.80 Å². The molecule has 1 fully saturated rings. The number of rotatable bonds is 3. The Bertz CT molecular complexity index is 667. The van der Waals surface area contributed by atoms with E-state index in [1.807, 2.05) is 16.8 Å². The number of allylic oxidation sites excluding steroid dienone is 1. The van der Waals surface area contributed by atoms with Crippen LogP contribution in [0.3, 0.4) is 0 Å². The lowest BCUT2D eigenvalue weighted by Gasteiger charge is -2.27. The molecular weight excluding hydrogens is 327 g/mol. The molecule has 4 nitrogen and oxygen atoms in total. The molecule has 118 valence electrons. The first-order chi connectivity index (χ1) is 10.4. The zero-order valence-corrected chi connectivity index (χ0v) is 13.6. The van der Waals surface area contributed by atoms with Crippen LogP contribution < -0.4 is 0 Å². The normalized spacial score (nSPS) is 24.2. The lowest BCUT2D eigenvalue weighted by Crippen LogP contribution is -2.33. The van der Waals surface area contributed by atoms with E-state index in [0.717, 1.165) is 11.4 Å². The smallest absolute Gasteiger partial charge is 0.309 e. The number of carbonyl (C=O) groups is 1. The molecule has 1 N–H and O–H groups in total. The Labute approximate surface area is 138 Å². The SMILES string of the molecule is CN1C(CC(=O)O)=C2C[C@@H](c3cc(Cl)ccc3F)CN2C1S. The number of halogens is 2. The summed E-state index contributed by atoms with van der Waals surface area (Å²) in [5, 5.41) is 9.58.